The number of non-ortho nitro benzene ring substituents is 1. The highest BCUT2D eigenvalue weighted by Crippen LogP contribution is 2.30. The number of halogens is 1. The molecule has 0 aliphatic rings. The second-order valence-corrected chi connectivity index (χ2v) is 6.18. The van der Waals surface area contributed by atoms with Crippen LogP contribution in [0.25, 0.3) is 22.3 Å². The molecule has 0 saturated heterocycles. The minimum Gasteiger partial charge on any atom is -0.349 e. The number of fused-ring (bicyclic) bond motifs is 1. The lowest BCUT2D eigenvalue weighted by atomic mass is 10.1. The van der Waals surface area contributed by atoms with Gasteiger partial charge in [0, 0.05) is 30.3 Å². The first-order valence-electron chi connectivity index (χ1n) is 8.30. The number of anilines is 1. The standard InChI is InChI=1S/C19H14FN5O3/c1-24-17-8-5-13(25(27)28)10-14(17)18(23-24)15-6-7-16(22-15)19(26)21-12-4-2-3-11(20)9-12/h2-10,22H,1H3,(H,21,26). The van der Waals surface area contributed by atoms with Crippen molar-refractivity contribution >= 4 is 28.2 Å². The predicted molar refractivity (Wildman–Crippen MR) is 102 cm³/mol. The Morgan fingerprint density at radius 2 is 2.04 bits per heavy atom. The lowest BCUT2D eigenvalue weighted by Crippen LogP contribution is -2.12. The van der Waals surface area contributed by atoms with Gasteiger partial charge in [-0.25, -0.2) is 4.39 Å². The van der Waals surface area contributed by atoms with Crippen LogP contribution in [0.5, 0.6) is 0 Å². The van der Waals surface area contributed by atoms with Crippen molar-refractivity contribution in [2.45, 2.75) is 0 Å². The maximum absolute atomic E-state index is 13.3. The SMILES string of the molecule is Cn1nc(-c2ccc(C(=O)Nc3cccc(F)c3)[nH]2)c2cc([N+](=O)[O-])ccc21. The third kappa shape index (κ3) is 3.09. The molecular weight excluding hydrogens is 365 g/mol. The molecule has 0 unspecified atom stereocenters. The Kier molecular flexibility index (Phi) is 4.11. The summed E-state index contributed by atoms with van der Waals surface area (Å²) in [5.41, 5.74) is 2.29. The summed E-state index contributed by atoms with van der Waals surface area (Å²) in [6.45, 7) is 0. The van der Waals surface area contributed by atoms with E-state index in [4.69, 9.17) is 0 Å². The summed E-state index contributed by atoms with van der Waals surface area (Å²) in [5, 5.41) is 18.7. The normalized spacial score (nSPS) is 10.9. The van der Waals surface area contributed by atoms with Gasteiger partial charge in [0.1, 0.15) is 17.2 Å². The van der Waals surface area contributed by atoms with E-state index in [0.717, 1.165) is 5.52 Å². The summed E-state index contributed by atoms with van der Waals surface area (Å²) in [4.78, 5) is 26.0. The number of carbonyl (C=O) groups is 1. The molecule has 2 aromatic heterocycles. The van der Waals surface area contributed by atoms with Gasteiger partial charge in [0.05, 0.1) is 16.1 Å². The van der Waals surface area contributed by atoms with Crippen molar-refractivity contribution in [3.63, 3.8) is 0 Å². The van der Waals surface area contributed by atoms with Crippen molar-refractivity contribution in [2.24, 2.45) is 7.05 Å². The van der Waals surface area contributed by atoms with Crippen LogP contribution < -0.4 is 5.32 Å². The molecule has 2 N–H and O–H groups in total. The van der Waals surface area contributed by atoms with E-state index in [2.05, 4.69) is 15.4 Å². The molecule has 0 saturated carbocycles. The molecule has 4 aromatic rings. The number of aromatic amines is 1. The topological polar surface area (TPSA) is 106 Å². The van der Waals surface area contributed by atoms with Crippen LogP contribution in [0.1, 0.15) is 10.5 Å². The van der Waals surface area contributed by atoms with E-state index in [1.54, 1.807) is 36.0 Å². The Labute approximate surface area is 157 Å². The van der Waals surface area contributed by atoms with E-state index in [1.807, 2.05) is 0 Å². The quantitative estimate of drug-likeness (QED) is 0.415. The third-order valence-electron chi connectivity index (χ3n) is 4.31. The monoisotopic (exact) mass is 379 g/mol. The van der Waals surface area contributed by atoms with E-state index in [9.17, 15) is 19.3 Å². The molecule has 0 aliphatic carbocycles. The molecule has 0 spiro atoms. The van der Waals surface area contributed by atoms with Crippen LogP contribution in [0.4, 0.5) is 15.8 Å². The number of amides is 1. The van der Waals surface area contributed by atoms with Gasteiger partial charge in [0.15, 0.2) is 0 Å². The van der Waals surface area contributed by atoms with Crippen molar-refractivity contribution in [1.82, 2.24) is 14.8 Å². The van der Waals surface area contributed by atoms with Gasteiger partial charge < -0.3 is 10.3 Å². The maximum Gasteiger partial charge on any atom is 0.272 e. The zero-order valence-corrected chi connectivity index (χ0v) is 14.6. The lowest BCUT2D eigenvalue weighted by molar-refractivity contribution is -0.384. The molecule has 2 heterocycles. The summed E-state index contributed by atoms with van der Waals surface area (Å²) in [5.74, 6) is -0.894. The molecule has 28 heavy (non-hydrogen) atoms. The molecule has 0 fully saturated rings. The summed E-state index contributed by atoms with van der Waals surface area (Å²) in [7, 11) is 1.73. The highest BCUT2D eigenvalue weighted by molar-refractivity contribution is 6.04. The Balaban J connectivity index is 1.68. The van der Waals surface area contributed by atoms with E-state index < -0.39 is 16.6 Å². The Morgan fingerprint density at radius 3 is 2.79 bits per heavy atom. The van der Waals surface area contributed by atoms with Crippen molar-refractivity contribution in [3.8, 4) is 11.4 Å². The number of nitro benzene ring substituents is 1. The molecule has 9 heteroatoms. The minimum absolute atomic E-state index is 0.0441. The number of aryl methyl sites for hydroxylation is 1. The molecule has 0 radical (unpaired) electrons. The number of hydrogen-bond acceptors (Lipinski definition) is 4. The zero-order chi connectivity index (χ0) is 19.8. The zero-order valence-electron chi connectivity index (χ0n) is 14.6. The highest BCUT2D eigenvalue weighted by Gasteiger charge is 2.17. The predicted octanol–water partition coefficient (Wildman–Crippen LogP) is 3.87. The maximum atomic E-state index is 13.3. The molecule has 0 aliphatic heterocycles. The molecule has 0 bridgehead atoms. The van der Waals surface area contributed by atoms with Crippen LogP contribution in [0, 0.1) is 15.9 Å². The summed E-state index contributed by atoms with van der Waals surface area (Å²) < 4.78 is 14.9. The Hall–Kier alpha value is -4.01. The Bertz CT molecular complexity index is 1230. The van der Waals surface area contributed by atoms with Crippen LogP contribution >= 0.6 is 0 Å². The van der Waals surface area contributed by atoms with Gasteiger partial charge >= 0.3 is 0 Å². The number of carbonyl (C=O) groups excluding carboxylic acids is 1. The van der Waals surface area contributed by atoms with Gasteiger partial charge in [0.25, 0.3) is 11.6 Å². The van der Waals surface area contributed by atoms with E-state index in [0.29, 0.717) is 22.5 Å². The Morgan fingerprint density at radius 1 is 1.21 bits per heavy atom. The van der Waals surface area contributed by atoms with Crippen molar-refractivity contribution < 1.29 is 14.1 Å². The van der Waals surface area contributed by atoms with Crippen LogP contribution in [0.2, 0.25) is 0 Å². The highest BCUT2D eigenvalue weighted by atomic mass is 19.1. The number of benzene rings is 2. The molecule has 140 valence electrons. The second kappa shape index (κ2) is 6.62. The van der Waals surface area contributed by atoms with Crippen LogP contribution in [0.3, 0.4) is 0 Å². The molecular formula is C19H14FN5O3. The molecule has 4 rings (SSSR count). The number of H-pyrrole nitrogens is 1. The van der Waals surface area contributed by atoms with E-state index in [-0.39, 0.29) is 11.4 Å². The van der Waals surface area contributed by atoms with Crippen LogP contribution in [0.15, 0.2) is 54.6 Å². The number of hydrogen-bond donors (Lipinski definition) is 2. The number of aromatic nitrogens is 3. The molecule has 8 nitrogen and oxygen atoms in total. The average Bonchev–Trinajstić information content (AvgIpc) is 3.26. The summed E-state index contributed by atoms with van der Waals surface area (Å²) in [6.07, 6.45) is 0. The molecule has 0 atom stereocenters. The van der Waals surface area contributed by atoms with Gasteiger partial charge in [-0.3, -0.25) is 19.6 Å². The van der Waals surface area contributed by atoms with Crippen LogP contribution in [-0.4, -0.2) is 25.6 Å². The van der Waals surface area contributed by atoms with Crippen molar-refractivity contribution in [2.75, 3.05) is 5.32 Å². The van der Waals surface area contributed by atoms with Gasteiger partial charge in [-0.2, -0.15) is 5.10 Å². The fraction of sp³-hybridized carbons (Fsp3) is 0.0526. The molecule has 2 aromatic carbocycles. The number of nitrogens with one attached hydrogen (secondary N) is 2. The first kappa shape index (κ1) is 17.4. The fourth-order valence-corrected chi connectivity index (χ4v) is 3.00. The van der Waals surface area contributed by atoms with Gasteiger partial charge in [-0.15, -0.1) is 0 Å². The van der Waals surface area contributed by atoms with Gasteiger partial charge in [-0.05, 0) is 36.4 Å². The first-order valence-corrected chi connectivity index (χ1v) is 8.30. The smallest absolute Gasteiger partial charge is 0.272 e. The summed E-state index contributed by atoms with van der Waals surface area (Å²) in [6, 6.07) is 13.3. The fourth-order valence-electron chi connectivity index (χ4n) is 3.00. The van der Waals surface area contributed by atoms with E-state index >= 15 is 0 Å². The van der Waals surface area contributed by atoms with Gasteiger partial charge in [0.2, 0.25) is 0 Å². The first-order chi connectivity index (χ1) is 13.4. The van der Waals surface area contributed by atoms with Gasteiger partial charge in [-0.1, -0.05) is 6.07 Å². The lowest BCUT2D eigenvalue weighted by Gasteiger charge is -2.03. The number of nitrogens with zero attached hydrogens (tertiary/aromatic N) is 3. The third-order valence-corrected chi connectivity index (χ3v) is 4.31. The number of nitro groups is 1. The largest absolute Gasteiger partial charge is 0.349 e. The van der Waals surface area contributed by atoms with E-state index in [1.165, 1.54) is 30.3 Å². The second-order valence-electron chi connectivity index (χ2n) is 6.18. The minimum atomic E-state index is -0.469. The summed E-state index contributed by atoms with van der Waals surface area (Å²) >= 11 is 0. The van der Waals surface area contributed by atoms with Crippen molar-refractivity contribution in [1.29, 1.82) is 0 Å². The molecule has 1 amide bonds. The number of rotatable bonds is 4. The van der Waals surface area contributed by atoms with Crippen molar-refractivity contribution in [3.05, 3.63) is 76.2 Å². The average molecular weight is 379 g/mol. The van der Waals surface area contributed by atoms with Crippen LogP contribution in [-0.2, 0) is 7.05 Å².